The highest BCUT2D eigenvalue weighted by Crippen LogP contribution is 2.38. The molecule has 0 spiro atoms. The first-order valence-electron chi connectivity index (χ1n) is 5.75. The van der Waals surface area contributed by atoms with E-state index in [1.165, 1.54) is 5.56 Å². The van der Waals surface area contributed by atoms with Crippen LogP contribution in [0, 0.1) is 19.3 Å². The molecule has 0 fully saturated rings. The number of hydrogen-bond acceptors (Lipinski definition) is 2. The summed E-state index contributed by atoms with van der Waals surface area (Å²) < 4.78 is 10.7. The van der Waals surface area contributed by atoms with Crippen LogP contribution in [0.2, 0.25) is 0 Å². The topological polar surface area (TPSA) is 18.5 Å². The molecule has 2 aromatic carbocycles. The van der Waals surface area contributed by atoms with Gasteiger partial charge < -0.3 is 9.47 Å². The number of aryl methyl sites for hydroxylation is 1. The molecule has 88 valence electrons. The van der Waals surface area contributed by atoms with Crippen molar-refractivity contribution >= 4 is 0 Å². The summed E-state index contributed by atoms with van der Waals surface area (Å²) in [6, 6.07) is 12.1. The molecule has 0 N–H and O–H groups in total. The molecule has 2 aromatic rings. The van der Waals surface area contributed by atoms with Crippen LogP contribution in [0.25, 0.3) is 11.1 Å². The largest absolute Gasteiger partial charge is 0.454 e. The normalized spacial score (nSPS) is 12.2. The maximum Gasteiger partial charge on any atom is 0.231 e. The maximum atomic E-state index is 5.57. The maximum absolute atomic E-state index is 5.57. The van der Waals surface area contributed by atoms with Crippen LogP contribution in [-0.2, 0) is 0 Å². The Morgan fingerprint density at radius 2 is 1.89 bits per heavy atom. The second kappa shape index (κ2) is 4.12. The molecular weight excluding hydrogens is 224 g/mol. The number of benzene rings is 2. The SMILES string of the molecule is C#Cc1cc2c(cc1-c1cccc(C)c1)OCO2. The molecule has 0 amide bonds. The van der Waals surface area contributed by atoms with E-state index in [2.05, 4.69) is 25.0 Å². The molecule has 0 radical (unpaired) electrons. The van der Waals surface area contributed by atoms with E-state index in [4.69, 9.17) is 15.9 Å². The molecule has 0 aliphatic carbocycles. The van der Waals surface area contributed by atoms with Crippen LogP contribution in [0.3, 0.4) is 0 Å². The lowest BCUT2D eigenvalue weighted by atomic mass is 9.98. The average Bonchev–Trinajstić information content (AvgIpc) is 2.84. The summed E-state index contributed by atoms with van der Waals surface area (Å²) in [5.41, 5.74) is 4.13. The Bertz CT molecular complexity index is 651. The van der Waals surface area contributed by atoms with Crippen LogP contribution >= 0.6 is 0 Å². The van der Waals surface area contributed by atoms with Gasteiger partial charge in [-0.15, -0.1) is 6.42 Å². The molecule has 1 aliphatic heterocycles. The molecular formula is C16H12O2. The van der Waals surface area contributed by atoms with E-state index in [1.807, 2.05) is 24.3 Å². The lowest BCUT2D eigenvalue weighted by Crippen LogP contribution is -1.92. The van der Waals surface area contributed by atoms with Gasteiger partial charge in [-0.25, -0.2) is 0 Å². The summed E-state index contributed by atoms with van der Waals surface area (Å²) in [4.78, 5) is 0. The van der Waals surface area contributed by atoms with Crippen LogP contribution in [0.15, 0.2) is 36.4 Å². The van der Waals surface area contributed by atoms with Crippen molar-refractivity contribution in [1.82, 2.24) is 0 Å². The molecule has 1 heterocycles. The van der Waals surface area contributed by atoms with E-state index in [-0.39, 0.29) is 6.79 Å². The predicted octanol–water partition coefficient (Wildman–Crippen LogP) is 3.37. The van der Waals surface area contributed by atoms with Gasteiger partial charge in [0, 0.05) is 17.2 Å². The van der Waals surface area contributed by atoms with Crippen LogP contribution in [0.4, 0.5) is 0 Å². The van der Waals surface area contributed by atoms with Crippen molar-refractivity contribution in [2.75, 3.05) is 6.79 Å². The summed E-state index contributed by atoms with van der Waals surface area (Å²) in [6.45, 7) is 2.32. The van der Waals surface area contributed by atoms with Crippen LogP contribution in [0.1, 0.15) is 11.1 Å². The molecule has 18 heavy (non-hydrogen) atoms. The van der Waals surface area contributed by atoms with Crippen molar-refractivity contribution in [3.8, 4) is 35.0 Å². The number of fused-ring (bicyclic) bond motifs is 1. The zero-order chi connectivity index (χ0) is 12.5. The Hall–Kier alpha value is -2.40. The molecule has 0 atom stereocenters. The molecule has 0 unspecified atom stereocenters. The molecule has 2 nitrogen and oxygen atoms in total. The third-order valence-electron chi connectivity index (χ3n) is 3.00. The second-order valence-corrected chi connectivity index (χ2v) is 4.26. The Balaban J connectivity index is 2.20. The standard InChI is InChI=1S/C16H12O2/c1-3-12-8-15-16(18-10-17-15)9-14(12)13-6-4-5-11(2)7-13/h1,4-9H,10H2,2H3. The van der Waals surface area contributed by atoms with Gasteiger partial charge in [-0.1, -0.05) is 35.7 Å². The summed E-state index contributed by atoms with van der Waals surface area (Å²) in [6.07, 6.45) is 5.57. The Labute approximate surface area is 106 Å². The van der Waals surface area contributed by atoms with E-state index < -0.39 is 0 Å². The number of terminal acetylenes is 1. The smallest absolute Gasteiger partial charge is 0.231 e. The highest BCUT2D eigenvalue weighted by atomic mass is 16.7. The van der Waals surface area contributed by atoms with Gasteiger partial charge in [-0.2, -0.15) is 0 Å². The van der Waals surface area contributed by atoms with Crippen molar-refractivity contribution < 1.29 is 9.47 Å². The lowest BCUT2D eigenvalue weighted by Gasteiger charge is -2.07. The Kier molecular flexibility index (Phi) is 2.46. The van der Waals surface area contributed by atoms with Gasteiger partial charge in [0.15, 0.2) is 11.5 Å². The first-order chi connectivity index (χ1) is 8.78. The minimum Gasteiger partial charge on any atom is -0.454 e. The van der Waals surface area contributed by atoms with Crippen molar-refractivity contribution in [2.45, 2.75) is 6.92 Å². The van der Waals surface area contributed by atoms with Crippen LogP contribution in [0.5, 0.6) is 11.5 Å². The van der Waals surface area contributed by atoms with E-state index >= 15 is 0 Å². The highest BCUT2D eigenvalue weighted by Gasteiger charge is 2.17. The quantitative estimate of drug-likeness (QED) is 0.707. The number of hydrogen-bond donors (Lipinski definition) is 0. The zero-order valence-electron chi connectivity index (χ0n) is 10.1. The second-order valence-electron chi connectivity index (χ2n) is 4.26. The molecule has 1 aliphatic rings. The first-order valence-corrected chi connectivity index (χ1v) is 5.75. The summed E-state index contributed by atoms with van der Waals surface area (Å²) >= 11 is 0. The van der Waals surface area contributed by atoms with E-state index in [0.717, 1.165) is 28.2 Å². The molecule has 0 saturated heterocycles. The average molecular weight is 236 g/mol. The van der Waals surface area contributed by atoms with E-state index in [0.29, 0.717) is 0 Å². The molecule has 0 saturated carbocycles. The summed E-state index contributed by atoms with van der Waals surface area (Å²) in [5, 5.41) is 0. The molecule has 3 rings (SSSR count). The minimum atomic E-state index is 0.261. The predicted molar refractivity (Wildman–Crippen MR) is 70.7 cm³/mol. The monoisotopic (exact) mass is 236 g/mol. The molecule has 0 bridgehead atoms. The Morgan fingerprint density at radius 3 is 2.61 bits per heavy atom. The number of ether oxygens (including phenoxy) is 2. The fraction of sp³-hybridized carbons (Fsp3) is 0.125. The summed E-state index contributed by atoms with van der Waals surface area (Å²) in [5.74, 6) is 4.18. The fourth-order valence-electron chi connectivity index (χ4n) is 2.11. The van der Waals surface area contributed by atoms with Gasteiger partial charge in [0.2, 0.25) is 6.79 Å². The molecule has 2 heteroatoms. The first kappa shape index (κ1) is 10.7. The van der Waals surface area contributed by atoms with Gasteiger partial charge >= 0.3 is 0 Å². The fourth-order valence-corrected chi connectivity index (χ4v) is 2.11. The third-order valence-corrected chi connectivity index (χ3v) is 3.00. The summed E-state index contributed by atoms with van der Waals surface area (Å²) in [7, 11) is 0. The van der Waals surface area contributed by atoms with Gasteiger partial charge in [-0.05, 0) is 18.6 Å². The minimum absolute atomic E-state index is 0.261. The van der Waals surface area contributed by atoms with E-state index in [9.17, 15) is 0 Å². The third kappa shape index (κ3) is 1.70. The van der Waals surface area contributed by atoms with Crippen molar-refractivity contribution in [3.63, 3.8) is 0 Å². The van der Waals surface area contributed by atoms with Crippen LogP contribution in [-0.4, -0.2) is 6.79 Å². The highest BCUT2D eigenvalue weighted by molar-refractivity contribution is 5.75. The number of rotatable bonds is 1. The molecule has 0 aromatic heterocycles. The van der Waals surface area contributed by atoms with Gasteiger partial charge in [0.1, 0.15) is 0 Å². The van der Waals surface area contributed by atoms with Crippen molar-refractivity contribution in [2.24, 2.45) is 0 Å². The van der Waals surface area contributed by atoms with Crippen molar-refractivity contribution in [1.29, 1.82) is 0 Å². The lowest BCUT2D eigenvalue weighted by molar-refractivity contribution is 0.174. The Morgan fingerprint density at radius 1 is 1.11 bits per heavy atom. The van der Waals surface area contributed by atoms with Gasteiger partial charge in [0.25, 0.3) is 0 Å². The zero-order valence-corrected chi connectivity index (χ0v) is 10.1. The van der Waals surface area contributed by atoms with E-state index in [1.54, 1.807) is 0 Å². The van der Waals surface area contributed by atoms with Crippen molar-refractivity contribution in [3.05, 3.63) is 47.5 Å². The van der Waals surface area contributed by atoms with Gasteiger partial charge in [0.05, 0.1) is 0 Å². The van der Waals surface area contributed by atoms with Crippen LogP contribution < -0.4 is 9.47 Å². The van der Waals surface area contributed by atoms with Gasteiger partial charge in [-0.3, -0.25) is 0 Å².